The number of aliphatic hydroxyl groups is 1. The highest BCUT2D eigenvalue weighted by molar-refractivity contribution is 7.38. The van der Waals surface area contributed by atoms with Gasteiger partial charge in [0.25, 0.3) is 0 Å². The molecule has 0 amide bonds. The fourth-order valence-electron chi connectivity index (χ4n) is 3.27. The van der Waals surface area contributed by atoms with E-state index in [1.54, 1.807) is 4.57 Å². The maximum Gasteiger partial charge on any atom is 0.504 e. The summed E-state index contributed by atoms with van der Waals surface area (Å²) in [6.07, 6.45) is -0.758. The molecule has 11 nitrogen and oxygen atoms in total. The molecule has 140 valence electrons. The van der Waals surface area contributed by atoms with Crippen molar-refractivity contribution in [1.82, 2.24) is 19.5 Å². The lowest BCUT2D eigenvalue weighted by Gasteiger charge is -2.29. The summed E-state index contributed by atoms with van der Waals surface area (Å²) in [4.78, 5) is 12.6. The number of hydrogen-bond acceptors (Lipinski definition) is 10. The number of anilines is 1. The summed E-state index contributed by atoms with van der Waals surface area (Å²) in [6.45, 7) is 3.77. The van der Waals surface area contributed by atoms with Crippen LogP contribution < -0.4 is 10.5 Å². The van der Waals surface area contributed by atoms with E-state index in [2.05, 4.69) is 15.0 Å². The van der Waals surface area contributed by atoms with E-state index in [-0.39, 0.29) is 25.0 Å². The van der Waals surface area contributed by atoms with Crippen LogP contribution in [-0.2, 0) is 18.6 Å². The molecule has 0 saturated carbocycles. The largest absolute Gasteiger partial charge is 0.504 e. The van der Waals surface area contributed by atoms with E-state index in [0.29, 0.717) is 17.8 Å². The maximum absolute atomic E-state index is 11.3. The van der Waals surface area contributed by atoms with Crippen LogP contribution in [0, 0.1) is 0 Å². The second kappa shape index (κ2) is 6.36. The van der Waals surface area contributed by atoms with Gasteiger partial charge in [-0.1, -0.05) is 0 Å². The molecule has 0 aromatic carbocycles. The third-order valence-electron chi connectivity index (χ3n) is 4.46. The number of imidazole rings is 1. The highest BCUT2D eigenvalue weighted by Gasteiger charge is 2.63. The fourth-order valence-corrected chi connectivity index (χ4v) is 3.67. The average Bonchev–Trinajstić information content (AvgIpc) is 3.23. The molecular formula is C14H19N5O6P+. The van der Waals surface area contributed by atoms with Gasteiger partial charge in [-0.3, -0.25) is 4.57 Å². The van der Waals surface area contributed by atoms with E-state index < -0.39 is 32.1 Å². The van der Waals surface area contributed by atoms with Crippen LogP contribution in [-0.4, -0.2) is 68.9 Å². The van der Waals surface area contributed by atoms with Crippen molar-refractivity contribution in [3.8, 4) is 5.88 Å². The number of nitrogens with two attached hydrogens (primary N) is 1. The van der Waals surface area contributed by atoms with E-state index in [0.717, 1.165) is 0 Å². The van der Waals surface area contributed by atoms with Crippen molar-refractivity contribution in [3.05, 3.63) is 6.33 Å². The lowest BCUT2D eigenvalue weighted by atomic mass is 10.0. The van der Waals surface area contributed by atoms with Crippen LogP contribution in [0.15, 0.2) is 6.33 Å². The molecule has 4 heterocycles. The van der Waals surface area contributed by atoms with E-state index in [4.69, 9.17) is 24.5 Å². The molecule has 26 heavy (non-hydrogen) atoms. The zero-order chi connectivity index (χ0) is 18.5. The maximum atomic E-state index is 11.3. The van der Waals surface area contributed by atoms with Gasteiger partial charge in [-0.25, -0.2) is 4.98 Å². The summed E-state index contributed by atoms with van der Waals surface area (Å²) in [5.74, 6) is 0.313. The van der Waals surface area contributed by atoms with Gasteiger partial charge in [0.05, 0.1) is 19.5 Å². The van der Waals surface area contributed by atoms with E-state index >= 15 is 0 Å². The molecule has 2 bridgehead atoms. The molecule has 4 rings (SSSR count). The SMILES string of the molecule is CCOc1nc(N)nc2c1ncn2[C@@H]1O[C@@]2(CO[P+](C)=O)CO[C@@H]1[C@@H]2O. The Morgan fingerprint density at radius 2 is 2.35 bits per heavy atom. The average molecular weight is 384 g/mol. The van der Waals surface area contributed by atoms with Gasteiger partial charge in [0.15, 0.2) is 29.7 Å². The van der Waals surface area contributed by atoms with Gasteiger partial charge in [-0.15, -0.1) is 4.52 Å². The van der Waals surface area contributed by atoms with Crippen molar-refractivity contribution in [2.45, 2.75) is 31.0 Å². The van der Waals surface area contributed by atoms with Crippen LogP contribution >= 0.6 is 8.03 Å². The predicted molar refractivity (Wildman–Crippen MR) is 89.0 cm³/mol. The quantitative estimate of drug-likeness (QED) is 0.664. The fraction of sp³-hybridized carbons (Fsp3) is 0.643. The first-order chi connectivity index (χ1) is 12.4. The molecule has 3 N–H and O–H groups in total. The normalized spacial score (nSPS) is 30.9. The van der Waals surface area contributed by atoms with Gasteiger partial charge in [-0.05, 0) is 11.5 Å². The van der Waals surface area contributed by atoms with Gasteiger partial charge in [0.1, 0.15) is 18.8 Å². The summed E-state index contributed by atoms with van der Waals surface area (Å²) in [5, 5.41) is 10.6. The van der Waals surface area contributed by atoms with E-state index in [1.165, 1.54) is 13.0 Å². The molecule has 2 aliphatic rings. The first-order valence-electron chi connectivity index (χ1n) is 8.09. The predicted octanol–water partition coefficient (Wildman–Crippen LogP) is 0.223. The molecule has 0 spiro atoms. The minimum atomic E-state index is -1.82. The summed E-state index contributed by atoms with van der Waals surface area (Å²) in [6, 6.07) is 0. The number of nitrogen functional groups attached to an aromatic ring is 1. The lowest BCUT2D eigenvalue weighted by molar-refractivity contribution is -0.182. The van der Waals surface area contributed by atoms with E-state index in [1.807, 2.05) is 6.92 Å². The van der Waals surface area contributed by atoms with Gasteiger partial charge < -0.3 is 25.1 Å². The van der Waals surface area contributed by atoms with Crippen LogP contribution in [0.3, 0.4) is 0 Å². The highest BCUT2D eigenvalue weighted by Crippen LogP contribution is 2.46. The molecule has 2 fully saturated rings. The van der Waals surface area contributed by atoms with Crippen LogP contribution in [0.25, 0.3) is 11.2 Å². The second-order valence-corrected chi connectivity index (χ2v) is 7.29. The Labute approximate surface area is 149 Å². The van der Waals surface area contributed by atoms with Crippen LogP contribution in [0.5, 0.6) is 5.88 Å². The number of hydrogen-bond donors (Lipinski definition) is 2. The minimum absolute atomic E-state index is 0.0355. The van der Waals surface area contributed by atoms with Crippen LogP contribution in [0.1, 0.15) is 13.2 Å². The summed E-state index contributed by atoms with van der Waals surface area (Å²) in [7, 11) is -1.82. The Morgan fingerprint density at radius 1 is 1.54 bits per heavy atom. The van der Waals surface area contributed by atoms with Gasteiger partial charge in [0, 0.05) is 0 Å². The van der Waals surface area contributed by atoms with E-state index in [9.17, 15) is 9.67 Å². The molecule has 2 aromatic rings. The molecule has 2 aromatic heterocycles. The number of aliphatic hydroxyl groups excluding tert-OH is 1. The molecule has 2 aliphatic heterocycles. The third-order valence-corrected chi connectivity index (χ3v) is 4.95. The second-order valence-electron chi connectivity index (χ2n) is 6.15. The molecule has 12 heteroatoms. The standard InChI is InChI=1S/C14H19N5O6P/c1-3-22-11-7-10(17-13(15)18-11)19(6-16-7)12-8-9(20)14(25-12,4-23-8)5-24-26(2)21/h6,8-9,12,20H,3-5H2,1-2H3,(H2,15,17,18)/q+1/t8-,9+,12-,14-/m1/s1. The first kappa shape index (κ1) is 17.5. The number of fused-ring (bicyclic) bond motifs is 3. The molecule has 2 saturated heterocycles. The van der Waals surface area contributed by atoms with Crippen molar-refractivity contribution in [1.29, 1.82) is 0 Å². The van der Waals surface area contributed by atoms with Crippen molar-refractivity contribution >= 4 is 25.1 Å². The molecule has 0 aliphatic carbocycles. The molecule has 5 atom stereocenters. The number of rotatable bonds is 6. The smallest absolute Gasteiger partial charge is 0.476 e. The highest BCUT2D eigenvalue weighted by atomic mass is 31.1. The Kier molecular flexibility index (Phi) is 4.28. The molecule has 1 unspecified atom stereocenters. The van der Waals surface area contributed by atoms with Crippen molar-refractivity contribution in [2.75, 3.05) is 32.2 Å². The van der Waals surface area contributed by atoms with Gasteiger partial charge >= 0.3 is 8.03 Å². The van der Waals surface area contributed by atoms with Crippen LogP contribution in [0.4, 0.5) is 5.95 Å². The Balaban J connectivity index is 1.70. The topological polar surface area (TPSA) is 144 Å². The third kappa shape index (κ3) is 2.63. The summed E-state index contributed by atoms with van der Waals surface area (Å²) >= 11 is 0. The number of aromatic nitrogens is 4. The lowest BCUT2D eigenvalue weighted by Crippen LogP contribution is -2.44. The Hall–Kier alpha value is -1.91. The summed E-state index contributed by atoms with van der Waals surface area (Å²) in [5.41, 5.74) is 5.53. The molecular weight excluding hydrogens is 365 g/mol. The Morgan fingerprint density at radius 3 is 3.08 bits per heavy atom. The van der Waals surface area contributed by atoms with Gasteiger partial charge in [0.2, 0.25) is 11.8 Å². The Bertz CT molecular complexity index is 862. The number of ether oxygens (including phenoxy) is 3. The van der Waals surface area contributed by atoms with Crippen molar-refractivity contribution in [2.24, 2.45) is 0 Å². The van der Waals surface area contributed by atoms with Crippen LogP contribution in [0.2, 0.25) is 0 Å². The monoisotopic (exact) mass is 384 g/mol. The van der Waals surface area contributed by atoms with Gasteiger partial charge in [-0.2, -0.15) is 9.97 Å². The molecule has 0 radical (unpaired) electrons. The zero-order valence-corrected chi connectivity index (χ0v) is 15.1. The minimum Gasteiger partial charge on any atom is -0.476 e. The van der Waals surface area contributed by atoms with Crippen molar-refractivity contribution < 1.29 is 28.4 Å². The zero-order valence-electron chi connectivity index (χ0n) is 14.2. The van der Waals surface area contributed by atoms with Crippen molar-refractivity contribution in [3.63, 3.8) is 0 Å². The first-order valence-corrected chi connectivity index (χ1v) is 9.72. The summed E-state index contributed by atoms with van der Waals surface area (Å²) < 4.78 is 35.3. The number of nitrogens with zero attached hydrogens (tertiary/aromatic N) is 4.